The fourth-order valence-electron chi connectivity index (χ4n) is 4.35. The minimum atomic E-state index is -0.356. The van der Waals surface area contributed by atoms with Gasteiger partial charge in [-0.15, -0.1) is 0 Å². The molecule has 0 aliphatic heterocycles. The van der Waals surface area contributed by atoms with Crippen LogP contribution in [0.1, 0.15) is 11.1 Å². The number of rotatable bonds is 7. The zero-order valence-electron chi connectivity index (χ0n) is 19.0. The normalized spacial score (nSPS) is 11.3. The summed E-state index contributed by atoms with van der Waals surface area (Å²) in [5, 5.41) is 0.634. The Balaban J connectivity index is 1.57. The van der Waals surface area contributed by atoms with E-state index in [1.54, 1.807) is 31.2 Å². The number of halogens is 1. The first-order valence-electron chi connectivity index (χ1n) is 11.0. The first-order valence-corrected chi connectivity index (χ1v) is 11.0. The van der Waals surface area contributed by atoms with E-state index in [2.05, 4.69) is 4.98 Å². The number of methoxy groups -OCH3 is 2. The molecule has 0 saturated heterocycles. The maximum Gasteiger partial charge on any atom is 0.277 e. The highest BCUT2D eigenvalue weighted by atomic mass is 19.1. The van der Waals surface area contributed by atoms with Crippen LogP contribution in [0.25, 0.3) is 21.9 Å². The van der Waals surface area contributed by atoms with E-state index in [1.807, 2.05) is 53.1 Å². The first kappa shape index (κ1) is 21.7. The number of fused-ring (bicyclic) bond motifs is 3. The minimum absolute atomic E-state index is 0.155. The molecule has 0 amide bonds. The molecule has 172 valence electrons. The van der Waals surface area contributed by atoms with E-state index in [4.69, 9.17) is 9.47 Å². The number of benzene rings is 3. The summed E-state index contributed by atoms with van der Waals surface area (Å²) in [6.07, 6.45) is 2.16. The van der Waals surface area contributed by atoms with E-state index in [-0.39, 0.29) is 11.4 Å². The van der Waals surface area contributed by atoms with E-state index in [0.29, 0.717) is 47.4 Å². The van der Waals surface area contributed by atoms with Crippen molar-refractivity contribution < 1.29 is 13.9 Å². The summed E-state index contributed by atoms with van der Waals surface area (Å²) >= 11 is 0. The molecule has 3 aromatic carbocycles. The summed E-state index contributed by atoms with van der Waals surface area (Å²) in [5.74, 6) is 0.945. The first-order chi connectivity index (χ1) is 16.6. The third-order valence-corrected chi connectivity index (χ3v) is 6.06. The van der Waals surface area contributed by atoms with E-state index in [9.17, 15) is 9.18 Å². The van der Waals surface area contributed by atoms with Crippen molar-refractivity contribution in [1.82, 2.24) is 14.1 Å². The van der Waals surface area contributed by atoms with Gasteiger partial charge in [0.15, 0.2) is 11.5 Å². The van der Waals surface area contributed by atoms with Crippen molar-refractivity contribution in [2.75, 3.05) is 14.2 Å². The SMILES string of the molecule is COc1ccc(CCn2cnc3c4cc(F)ccc4n(Cc4ccccc4)c3c2=O)cc1OC. The molecule has 0 spiro atoms. The Morgan fingerprint density at radius 1 is 0.912 bits per heavy atom. The number of aryl methyl sites for hydroxylation is 2. The van der Waals surface area contributed by atoms with Crippen LogP contribution in [0.3, 0.4) is 0 Å². The topological polar surface area (TPSA) is 58.3 Å². The molecule has 0 atom stereocenters. The average molecular weight is 458 g/mol. The Morgan fingerprint density at radius 2 is 1.71 bits per heavy atom. The Kier molecular flexibility index (Phi) is 5.76. The molecule has 5 aromatic rings. The summed E-state index contributed by atoms with van der Waals surface area (Å²) in [6, 6.07) is 20.2. The molecule has 0 saturated carbocycles. The van der Waals surface area contributed by atoms with Crippen molar-refractivity contribution in [3.05, 3.63) is 100 Å². The number of nitrogens with zero attached hydrogens (tertiary/aromatic N) is 3. The van der Waals surface area contributed by atoms with Gasteiger partial charge in [0.05, 0.1) is 26.1 Å². The number of hydrogen-bond donors (Lipinski definition) is 0. The summed E-state index contributed by atoms with van der Waals surface area (Å²) in [6.45, 7) is 0.932. The van der Waals surface area contributed by atoms with Gasteiger partial charge in [-0.2, -0.15) is 0 Å². The van der Waals surface area contributed by atoms with Gasteiger partial charge < -0.3 is 14.0 Å². The molecule has 2 aromatic heterocycles. The summed E-state index contributed by atoms with van der Waals surface area (Å²) in [5.41, 5.74) is 3.67. The quantitative estimate of drug-likeness (QED) is 0.352. The molecule has 0 unspecified atom stereocenters. The summed E-state index contributed by atoms with van der Waals surface area (Å²) < 4.78 is 28.3. The highest BCUT2D eigenvalue weighted by Crippen LogP contribution is 2.29. The van der Waals surface area contributed by atoms with Gasteiger partial charge in [-0.05, 0) is 47.9 Å². The summed E-state index contributed by atoms with van der Waals surface area (Å²) in [4.78, 5) is 18.2. The van der Waals surface area contributed by atoms with E-state index in [0.717, 1.165) is 16.6 Å². The van der Waals surface area contributed by atoms with Crippen molar-refractivity contribution in [1.29, 1.82) is 0 Å². The molecule has 0 bridgehead atoms. The lowest BCUT2D eigenvalue weighted by atomic mass is 10.1. The fourth-order valence-corrected chi connectivity index (χ4v) is 4.35. The fraction of sp³-hybridized carbons (Fsp3) is 0.185. The molecule has 0 radical (unpaired) electrons. The predicted molar refractivity (Wildman–Crippen MR) is 130 cm³/mol. The van der Waals surface area contributed by atoms with Gasteiger partial charge in [-0.3, -0.25) is 9.36 Å². The maximum absolute atomic E-state index is 14.1. The second-order valence-corrected chi connectivity index (χ2v) is 8.11. The molecule has 34 heavy (non-hydrogen) atoms. The van der Waals surface area contributed by atoms with Gasteiger partial charge in [-0.25, -0.2) is 9.37 Å². The van der Waals surface area contributed by atoms with Gasteiger partial charge in [0.25, 0.3) is 5.56 Å². The van der Waals surface area contributed by atoms with E-state index in [1.165, 1.54) is 12.1 Å². The van der Waals surface area contributed by atoms with Gasteiger partial charge in [0, 0.05) is 18.5 Å². The van der Waals surface area contributed by atoms with E-state index < -0.39 is 0 Å². The number of ether oxygens (including phenoxy) is 2. The monoisotopic (exact) mass is 457 g/mol. The minimum Gasteiger partial charge on any atom is -0.493 e. The van der Waals surface area contributed by atoms with Crippen molar-refractivity contribution >= 4 is 21.9 Å². The van der Waals surface area contributed by atoms with Gasteiger partial charge in [0.1, 0.15) is 16.9 Å². The molecule has 5 rings (SSSR count). The predicted octanol–water partition coefficient (Wildman–Crippen LogP) is 4.80. The van der Waals surface area contributed by atoms with Gasteiger partial charge >= 0.3 is 0 Å². The molecule has 2 heterocycles. The molecular formula is C27H24FN3O3. The van der Waals surface area contributed by atoms with Crippen LogP contribution in [0.5, 0.6) is 11.5 Å². The lowest BCUT2D eigenvalue weighted by Gasteiger charge is -2.11. The average Bonchev–Trinajstić information content (AvgIpc) is 3.17. The third kappa shape index (κ3) is 3.90. The Labute approximate surface area is 195 Å². The maximum atomic E-state index is 14.1. The molecule has 0 aliphatic rings. The second-order valence-electron chi connectivity index (χ2n) is 8.11. The lowest BCUT2D eigenvalue weighted by molar-refractivity contribution is 0.354. The molecular weight excluding hydrogens is 433 g/mol. The van der Waals surface area contributed by atoms with Crippen LogP contribution in [0.4, 0.5) is 4.39 Å². The second kappa shape index (κ2) is 9.02. The van der Waals surface area contributed by atoms with Crippen LogP contribution in [0.2, 0.25) is 0 Å². The van der Waals surface area contributed by atoms with Gasteiger partial charge in [0.2, 0.25) is 0 Å². The molecule has 6 nitrogen and oxygen atoms in total. The zero-order valence-corrected chi connectivity index (χ0v) is 19.0. The van der Waals surface area contributed by atoms with Crippen molar-refractivity contribution in [3.63, 3.8) is 0 Å². The Bertz CT molecular complexity index is 1540. The molecule has 0 fully saturated rings. The van der Waals surface area contributed by atoms with Gasteiger partial charge in [-0.1, -0.05) is 36.4 Å². The van der Waals surface area contributed by atoms with Crippen LogP contribution in [-0.4, -0.2) is 28.3 Å². The van der Waals surface area contributed by atoms with Crippen LogP contribution in [0.15, 0.2) is 77.9 Å². The molecule has 0 aliphatic carbocycles. The molecule has 0 N–H and O–H groups in total. The molecule has 7 heteroatoms. The Morgan fingerprint density at radius 3 is 2.47 bits per heavy atom. The standard InChI is InChI=1S/C27H24FN3O3/c1-33-23-11-8-18(14-24(23)34-2)12-13-30-17-29-25-21-15-20(28)9-10-22(21)31(26(25)27(30)32)16-19-6-4-3-5-7-19/h3-11,14-15,17H,12-13,16H2,1-2H3. The largest absolute Gasteiger partial charge is 0.493 e. The van der Waals surface area contributed by atoms with Crippen molar-refractivity contribution in [2.45, 2.75) is 19.5 Å². The smallest absolute Gasteiger partial charge is 0.277 e. The lowest BCUT2D eigenvalue weighted by Crippen LogP contribution is -2.23. The van der Waals surface area contributed by atoms with E-state index >= 15 is 0 Å². The number of hydrogen-bond acceptors (Lipinski definition) is 4. The number of aromatic nitrogens is 3. The van der Waals surface area contributed by atoms with Crippen LogP contribution < -0.4 is 15.0 Å². The van der Waals surface area contributed by atoms with Crippen molar-refractivity contribution in [3.8, 4) is 11.5 Å². The Hall–Kier alpha value is -4.13. The van der Waals surface area contributed by atoms with Crippen LogP contribution in [0, 0.1) is 5.82 Å². The zero-order chi connectivity index (χ0) is 23.7. The van der Waals surface area contributed by atoms with Crippen LogP contribution in [-0.2, 0) is 19.5 Å². The van der Waals surface area contributed by atoms with Crippen molar-refractivity contribution in [2.24, 2.45) is 0 Å². The highest BCUT2D eigenvalue weighted by molar-refractivity contribution is 6.05. The third-order valence-electron chi connectivity index (χ3n) is 6.06. The highest BCUT2D eigenvalue weighted by Gasteiger charge is 2.17. The summed E-state index contributed by atoms with van der Waals surface area (Å²) in [7, 11) is 3.19. The van der Waals surface area contributed by atoms with Crippen LogP contribution >= 0.6 is 0 Å².